The second kappa shape index (κ2) is 8.76. The summed E-state index contributed by atoms with van der Waals surface area (Å²) in [6.07, 6.45) is 6.14. The highest BCUT2D eigenvalue weighted by Gasteiger charge is 2.52. The number of hydrogen-bond acceptors (Lipinski definition) is 3. The minimum atomic E-state index is -0.802. The highest BCUT2D eigenvalue weighted by molar-refractivity contribution is 6.10. The van der Waals surface area contributed by atoms with E-state index in [-0.39, 0.29) is 18.4 Å². The summed E-state index contributed by atoms with van der Waals surface area (Å²) < 4.78 is 0. The Bertz CT molecular complexity index is 711. The summed E-state index contributed by atoms with van der Waals surface area (Å²) in [5.74, 6) is 0.167. The smallest absolute Gasteiger partial charge is 0.323 e. The molecule has 0 unspecified atom stereocenters. The van der Waals surface area contributed by atoms with Gasteiger partial charge in [-0.25, -0.2) is 4.79 Å². The van der Waals surface area contributed by atoms with Crippen molar-refractivity contribution in [2.75, 3.05) is 18.0 Å². The van der Waals surface area contributed by atoms with Crippen molar-refractivity contribution in [1.29, 1.82) is 0 Å². The highest BCUT2D eigenvalue weighted by atomic mass is 16.2. The van der Waals surface area contributed by atoms with Crippen molar-refractivity contribution >= 4 is 23.5 Å². The first-order valence-electron chi connectivity index (χ1n) is 10.5. The summed E-state index contributed by atoms with van der Waals surface area (Å²) in [7, 11) is 0. The third kappa shape index (κ3) is 4.05. The zero-order valence-electron chi connectivity index (χ0n) is 16.9. The average Bonchev–Trinajstić information content (AvgIpc) is 2.94. The molecule has 1 saturated heterocycles. The molecule has 1 aliphatic carbocycles. The van der Waals surface area contributed by atoms with E-state index in [0.29, 0.717) is 25.3 Å². The molecular formula is C22H31N3O3. The van der Waals surface area contributed by atoms with Crippen LogP contribution in [0, 0.1) is 5.92 Å². The van der Waals surface area contributed by atoms with E-state index < -0.39 is 11.6 Å². The van der Waals surface area contributed by atoms with Gasteiger partial charge in [-0.3, -0.25) is 14.5 Å². The van der Waals surface area contributed by atoms with Gasteiger partial charge >= 0.3 is 6.03 Å². The number of imide groups is 1. The number of benzene rings is 1. The van der Waals surface area contributed by atoms with Crippen LogP contribution in [0.25, 0.3) is 0 Å². The maximum absolute atomic E-state index is 13.1. The molecule has 6 nitrogen and oxygen atoms in total. The molecule has 1 aliphatic heterocycles. The highest BCUT2D eigenvalue weighted by Crippen LogP contribution is 2.37. The van der Waals surface area contributed by atoms with Gasteiger partial charge in [-0.2, -0.15) is 0 Å². The van der Waals surface area contributed by atoms with Gasteiger partial charge in [0.15, 0.2) is 0 Å². The standard InChI is InChI=1S/C22H31N3O3/c1-3-5-15-24(18-9-7-6-8-10-18)19(26)16-25-20(27)22(23-21(25)28)13-11-17(4-2)12-14-22/h6-10,17H,3-5,11-16H2,1-2H3,(H,23,28). The van der Waals surface area contributed by atoms with Crippen molar-refractivity contribution in [2.45, 2.75) is 64.3 Å². The second-order valence-corrected chi connectivity index (χ2v) is 7.99. The van der Waals surface area contributed by atoms with E-state index in [2.05, 4.69) is 19.2 Å². The molecule has 0 atom stereocenters. The van der Waals surface area contributed by atoms with Gasteiger partial charge in [-0.05, 0) is 50.2 Å². The molecule has 0 bridgehead atoms. The summed E-state index contributed by atoms with van der Waals surface area (Å²) in [5.41, 5.74) is -0.00418. The Balaban J connectivity index is 1.71. The number of rotatable bonds is 7. The van der Waals surface area contributed by atoms with Crippen LogP contribution in [0.3, 0.4) is 0 Å². The van der Waals surface area contributed by atoms with E-state index in [0.717, 1.165) is 42.7 Å². The summed E-state index contributed by atoms with van der Waals surface area (Å²) >= 11 is 0. The average molecular weight is 386 g/mol. The molecule has 28 heavy (non-hydrogen) atoms. The Kier molecular flexibility index (Phi) is 6.37. The van der Waals surface area contributed by atoms with Crippen LogP contribution in [0.5, 0.6) is 0 Å². The Hall–Kier alpha value is -2.37. The Labute approximate surface area is 167 Å². The molecule has 3 rings (SSSR count). The van der Waals surface area contributed by atoms with E-state index in [1.807, 2.05) is 30.3 Å². The Morgan fingerprint density at radius 3 is 2.46 bits per heavy atom. The lowest BCUT2D eigenvalue weighted by Crippen LogP contribution is -2.50. The van der Waals surface area contributed by atoms with Gasteiger partial charge in [0.2, 0.25) is 5.91 Å². The number of nitrogens with one attached hydrogen (secondary N) is 1. The lowest BCUT2D eigenvalue weighted by Gasteiger charge is -2.34. The van der Waals surface area contributed by atoms with Gasteiger partial charge in [0.05, 0.1) is 0 Å². The number of unbranched alkanes of at least 4 members (excludes halogenated alkanes) is 1. The number of urea groups is 1. The summed E-state index contributed by atoms with van der Waals surface area (Å²) in [4.78, 5) is 41.4. The van der Waals surface area contributed by atoms with Gasteiger partial charge < -0.3 is 10.2 Å². The maximum Gasteiger partial charge on any atom is 0.325 e. The molecule has 1 spiro atoms. The van der Waals surface area contributed by atoms with Crippen molar-refractivity contribution in [2.24, 2.45) is 5.92 Å². The summed E-state index contributed by atoms with van der Waals surface area (Å²) in [5, 5.41) is 2.91. The van der Waals surface area contributed by atoms with Crippen LogP contribution in [0.2, 0.25) is 0 Å². The molecule has 2 fully saturated rings. The van der Waals surface area contributed by atoms with Crippen molar-refractivity contribution in [3.63, 3.8) is 0 Å². The van der Waals surface area contributed by atoms with Crippen LogP contribution < -0.4 is 10.2 Å². The number of nitrogens with zero attached hydrogens (tertiary/aromatic N) is 2. The Morgan fingerprint density at radius 1 is 1.18 bits per heavy atom. The molecule has 1 aromatic carbocycles. The minimum absolute atomic E-state index is 0.206. The fourth-order valence-corrected chi connectivity index (χ4v) is 4.28. The number of hydrogen-bond donors (Lipinski definition) is 1. The van der Waals surface area contributed by atoms with Crippen LogP contribution in [0.4, 0.5) is 10.5 Å². The van der Waals surface area contributed by atoms with Crippen LogP contribution in [-0.2, 0) is 9.59 Å². The predicted molar refractivity (Wildman–Crippen MR) is 109 cm³/mol. The third-order valence-corrected chi connectivity index (χ3v) is 6.18. The topological polar surface area (TPSA) is 69.7 Å². The zero-order valence-corrected chi connectivity index (χ0v) is 16.9. The van der Waals surface area contributed by atoms with Crippen LogP contribution in [0.15, 0.2) is 30.3 Å². The van der Waals surface area contributed by atoms with Gasteiger partial charge in [0, 0.05) is 12.2 Å². The molecule has 152 valence electrons. The van der Waals surface area contributed by atoms with Crippen molar-refractivity contribution < 1.29 is 14.4 Å². The van der Waals surface area contributed by atoms with E-state index >= 15 is 0 Å². The molecule has 1 aromatic rings. The number of carbonyl (C=O) groups excluding carboxylic acids is 3. The van der Waals surface area contributed by atoms with Crippen molar-refractivity contribution in [1.82, 2.24) is 10.2 Å². The fraction of sp³-hybridized carbons (Fsp3) is 0.591. The predicted octanol–water partition coefficient (Wildman–Crippen LogP) is 3.71. The zero-order chi connectivity index (χ0) is 20.1. The number of amides is 4. The third-order valence-electron chi connectivity index (χ3n) is 6.18. The molecule has 4 amide bonds. The van der Waals surface area contributed by atoms with E-state index in [4.69, 9.17) is 0 Å². The van der Waals surface area contributed by atoms with Gasteiger partial charge in [0.1, 0.15) is 12.1 Å². The molecule has 1 N–H and O–H groups in total. The van der Waals surface area contributed by atoms with E-state index in [1.165, 1.54) is 0 Å². The summed E-state index contributed by atoms with van der Waals surface area (Å²) in [6, 6.07) is 9.00. The quantitative estimate of drug-likeness (QED) is 0.728. The van der Waals surface area contributed by atoms with Crippen molar-refractivity contribution in [3.05, 3.63) is 30.3 Å². The van der Waals surface area contributed by atoms with E-state index in [9.17, 15) is 14.4 Å². The maximum atomic E-state index is 13.1. The first kappa shape index (κ1) is 20.4. The lowest BCUT2D eigenvalue weighted by atomic mass is 9.75. The van der Waals surface area contributed by atoms with Gasteiger partial charge in [0.25, 0.3) is 5.91 Å². The van der Waals surface area contributed by atoms with Gasteiger partial charge in [-0.1, -0.05) is 44.9 Å². The van der Waals surface area contributed by atoms with Crippen LogP contribution in [0.1, 0.15) is 58.8 Å². The number of anilines is 1. The summed E-state index contributed by atoms with van der Waals surface area (Å²) in [6.45, 7) is 4.60. The number of carbonyl (C=O) groups is 3. The lowest BCUT2D eigenvalue weighted by molar-refractivity contribution is -0.135. The molecule has 1 saturated carbocycles. The molecule has 0 radical (unpaired) electrons. The molecule has 0 aromatic heterocycles. The molecule has 1 heterocycles. The SMILES string of the molecule is CCCCN(C(=O)CN1C(=O)NC2(CCC(CC)CC2)C1=O)c1ccccc1. The molecule has 6 heteroatoms. The first-order valence-corrected chi connectivity index (χ1v) is 10.5. The fourth-order valence-electron chi connectivity index (χ4n) is 4.28. The second-order valence-electron chi connectivity index (χ2n) is 7.99. The minimum Gasteiger partial charge on any atom is -0.323 e. The largest absolute Gasteiger partial charge is 0.325 e. The normalized spacial score (nSPS) is 24.5. The van der Waals surface area contributed by atoms with Gasteiger partial charge in [-0.15, -0.1) is 0 Å². The number of para-hydroxylation sites is 1. The van der Waals surface area contributed by atoms with Crippen LogP contribution >= 0.6 is 0 Å². The monoisotopic (exact) mass is 385 g/mol. The van der Waals surface area contributed by atoms with Crippen LogP contribution in [-0.4, -0.2) is 41.4 Å². The molecular weight excluding hydrogens is 354 g/mol. The molecule has 2 aliphatic rings. The van der Waals surface area contributed by atoms with E-state index in [1.54, 1.807) is 4.90 Å². The Morgan fingerprint density at radius 2 is 1.86 bits per heavy atom. The van der Waals surface area contributed by atoms with Crippen molar-refractivity contribution in [3.8, 4) is 0 Å². The first-order chi connectivity index (χ1) is 13.5.